The van der Waals surface area contributed by atoms with Crippen molar-refractivity contribution in [1.29, 1.82) is 0 Å². The van der Waals surface area contributed by atoms with Crippen LogP contribution in [-0.2, 0) is 47.2 Å². The minimum absolute atomic E-state index is 0.00368. The lowest BCUT2D eigenvalue weighted by atomic mass is 10.3. The van der Waals surface area contributed by atoms with Gasteiger partial charge in [-0.3, -0.25) is 0 Å². The van der Waals surface area contributed by atoms with Gasteiger partial charge in [0.2, 0.25) is 0 Å². The van der Waals surface area contributed by atoms with Crippen molar-refractivity contribution in [2.75, 3.05) is 80.3 Å². The van der Waals surface area contributed by atoms with Gasteiger partial charge in [0.1, 0.15) is 12.2 Å². The Bertz CT molecular complexity index is 492. The molecule has 0 aromatic carbocycles. The van der Waals surface area contributed by atoms with Crippen LogP contribution < -0.4 is 0 Å². The zero-order chi connectivity index (χ0) is 30.8. The van der Waals surface area contributed by atoms with E-state index in [0.717, 1.165) is 0 Å². The Morgan fingerprint density at radius 3 is 1.00 bits per heavy atom. The Hall–Kier alpha value is -0.350. The van der Waals surface area contributed by atoms with E-state index in [1.54, 1.807) is 28.1 Å². The van der Waals surface area contributed by atoms with Crippen LogP contribution in [0.25, 0.3) is 0 Å². The van der Waals surface area contributed by atoms with Gasteiger partial charge in [-0.25, -0.2) is 0 Å². The fourth-order valence-electron chi connectivity index (χ4n) is 2.52. The summed E-state index contributed by atoms with van der Waals surface area (Å²) in [5, 5.41) is 18.2. The normalized spacial score (nSPS) is 17.6. The third kappa shape index (κ3) is 29.2. The highest BCUT2D eigenvalue weighted by atomic mass is 16.6. The Morgan fingerprint density at radius 2 is 0.750 bits per heavy atom. The molecule has 236 valence electrons. The maximum absolute atomic E-state index is 9.12. The van der Waals surface area contributed by atoms with Crippen LogP contribution in [0.3, 0.4) is 0 Å². The van der Waals surface area contributed by atoms with Crippen molar-refractivity contribution >= 4 is 16.1 Å². The summed E-state index contributed by atoms with van der Waals surface area (Å²) in [6.45, 7) is 14.4. The Kier molecular flexibility index (Phi) is 30.0. The summed E-state index contributed by atoms with van der Waals surface area (Å²) in [4.78, 5) is 0. The molecular formula is C26H54B2O12. The maximum Gasteiger partial charge on any atom is 0.283 e. The first-order chi connectivity index (χ1) is 19.0. The number of hydrogen-bond donors (Lipinski definition) is 2. The van der Waals surface area contributed by atoms with Crippen LogP contribution in [0.1, 0.15) is 41.5 Å². The number of methoxy groups -OCH3 is 2. The molecule has 0 saturated carbocycles. The molecule has 0 rings (SSSR count). The topological polar surface area (TPSA) is 133 Å². The monoisotopic (exact) mass is 580 g/mol. The molecule has 6 atom stereocenters. The van der Waals surface area contributed by atoms with Crippen molar-refractivity contribution in [2.45, 2.75) is 90.4 Å². The summed E-state index contributed by atoms with van der Waals surface area (Å²) < 4.78 is 52.4. The summed E-state index contributed by atoms with van der Waals surface area (Å²) in [5.74, 6) is 0. The van der Waals surface area contributed by atoms with Gasteiger partial charge in [0, 0.05) is 14.2 Å². The van der Waals surface area contributed by atoms with Crippen molar-refractivity contribution < 1.29 is 57.4 Å². The van der Waals surface area contributed by atoms with Gasteiger partial charge >= 0.3 is 0 Å². The van der Waals surface area contributed by atoms with Gasteiger partial charge in [-0.05, 0) is 41.5 Å². The second-order valence-electron chi connectivity index (χ2n) is 9.74. The van der Waals surface area contributed by atoms with Crippen LogP contribution in [0.5, 0.6) is 0 Å². The molecule has 0 saturated heterocycles. The lowest BCUT2D eigenvalue weighted by molar-refractivity contribution is -0.0967. The van der Waals surface area contributed by atoms with E-state index in [4.69, 9.17) is 64.2 Å². The van der Waals surface area contributed by atoms with Crippen LogP contribution in [0.2, 0.25) is 0 Å². The van der Waals surface area contributed by atoms with Gasteiger partial charge in [-0.2, -0.15) is 0 Å². The average Bonchev–Trinajstić information content (AvgIpc) is 2.93. The van der Waals surface area contributed by atoms with E-state index < -0.39 is 12.2 Å². The fourth-order valence-corrected chi connectivity index (χ4v) is 2.52. The van der Waals surface area contributed by atoms with Gasteiger partial charge in [-0.1, -0.05) is 0 Å². The van der Waals surface area contributed by atoms with Crippen molar-refractivity contribution in [2.24, 2.45) is 0 Å². The van der Waals surface area contributed by atoms with Gasteiger partial charge in [0.05, 0.1) is 103 Å². The molecule has 0 aliphatic rings. The molecule has 6 unspecified atom stereocenters. The first-order valence-corrected chi connectivity index (χ1v) is 13.7. The molecule has 0 bridgehead atoms. The zero-order valence-corrected chi connectivity index (χ0v) is 25.8. The van der Waals surface area contributed by atoms with E-state index in [0.29, 0.717) is 52.9 Å². The molecule has 12 nitrogen and oxygen atoms in total. The lowest BCUT2D eigenvalue weighted by Crippen LogP contribution is -2.31. The van der Waals surface area contributed by atoms with Crippen LogP contribution in [0.15, 0.2) is 0 Å². The second-order valence-corrected chi connectivity index (χ2v) is 9.74. The largest absolute Gasteiger partial charge is 0.443 e. The number of hydrogen-bond acceptors (Lipinski definition) is 12. The standard InChI is InChI=1S/C13H26B2O6.C13H28O6/c1-10(16-4)7-19-13(8-17-5-11(2)20-14)9-18-6-12(3)21-15;1-10(14)5-17-8-13(9-18-6-11(2)15)19-7-12(3)16-4/h10-13H,5-9H2,1-4H3;10-15H,5-9H2,1-4H3. The van der Waals surface area contributed by atoms with E-state index in [1.807, 2.05) is 27.7 Å². The van der Waals surface area contributed by atoms with E-state index in [-0.39, 0.29) is 49.8 Å². The lowest BCUT2D eigenvalue weighted by Gasteiger charge is -2.22. The van der Waals surface area contributed by atoms with E-state index in [1.165, 1.54) is 0 Å². The van der Waals surface area contributed by atoms with Crippen LogP contribution in [-0.4, -0.2) is 155 Å². The zero-order valence-electron chi connectivity index (χ0n) is 25.8. The van der Waals surface area contributed by atoms with Crippen LogP contribution in [0, 0.1) is 0 Å². The van der Waals surface area contributed by atoms with E-state index >= 15 is 0 Å². The predicted molar refractivity (Wildman–Crippen MR) is 152 cm³/mol. The molecule has 0 aliphatic heterocycles. The summed E-state index contributed by atoms with van der Waals surface area (Å²) in [5.41, 5.74) is 0. The molecule has 0 aliphatic carbocycles. The number of ether oxygens (including phenoxy) is 8. The molecule has 40 heavy (non-hydrogen) atoms. The van der Waals surface area contributed by atoms with E-state index in [9.17, 15) is 0 Å². The first-order valence-electron chi connectivity index (χ1n) is 13.7. The average molecular weight is 580 g/mol. The van der Waals surface area contributed by atoms with Gasteiger partial charge in [-0.15, -0.1) is 0 Å². The molecule has 2 N–H and O–H groups in total. The van der Waals surface area contributed by atoms with E-state index in [2.05, 4.69) is 9.31 Å². The molecule has 0 aromatic rings. The Morgan fingerprint density at radius 1 is 0.450 bits per heavy atom. The van der Waals surface area contributed by atoms with Crippen molar-refractivity contribution in [1.82, 2.24) is 0 Å². The highest BCUT2D eigenvalue weighted by Gasteiger charge is 2.15. The molecule has 14 heteroatoms. The minimum atomic E-state index is -0.503. The number of aliphatic hydroxyl groups is 2. The molecule has 0 fully saturated rings. The molecule has 0 spiro atoms. The Balaban J connectivity index is 0. The smallest absolute Gasteiger partial charge is 0.283 e. The quantitative estimate of drug-likeness (QED) is 0.139. The maximum atomic E-state index is 9.12. The third-order valence-corrected chi connectivity index (χ3v) is 5.04. The summed E-state index contributed by atoms with van der Waals surface area (Å²) in [6, 6.07) is 0. The highest BCUT2D eigenvalue weighted by molar-refractivity contribution is 5.98. The highest BCUT2D eigenvalue weighted by Crippen LogP contribution is 2.02. The van der Waals surface area contributed by atoms with Crippen molar-refractivity contribution in [3.63, 3.8) is 0 Å². The van der Waals surface area contributed by atoms with Crippen LogP contribution in [0.4, 0.5) is 0 Å². The molecule has 0 aromatic heterocycles. The number of rotatable bonds is 26. The SMILES string of the molecule is COC(C)COC(COCC(C)O)COCC(C)O.[B]OC(C)COCC(COCC(C)O[B])OCC(C)OC. The molecule has 0 heterocycles. The van der Waals surface area contributed by atoms with Crippen molar-refractivity contribution in [3.8, 4) is 0 Å². The second kappa shape index (κ2) is 28.8. The van der Waals surface area contributed by atoms with Crippen molar-refractivity contribution in [3.05, 3.63) is 0 Å². The summed E-state index contributed by atoms with van der Waals surface area (Å²) in [7, 11) is 13.4. The number of aliphatic hydroxyl groups excluding tert-OH is 2. The van der Waals surface area contributed by atoms with Crippen LogP contribution >= 0.6 is 0 Å². The minimum Gasteiger partial charge on any atom is -0.443 e. The third-order valence-electron chi connectivity index (χ3n) is 5.04. The van der Waals surface area contributed by atoms with Gasteiger partial charge < -0.3 is 57.4 Å². The predicted octanol–water partition coefficient (Wildman–Crippen LogP) is 0.618. The first kappa shape index (κ1) is 41.8. The summed E-state index contributed by atoms with van der Waals surface area (Å²) >= 11 is 0. The summed E-state index contributed by atoms with van der Waals surface area (Å²) in [6.07, 6.45) is -1.80. The van der Waals surface area contributed by atoms with Gasteiger partial charge in [0.25, 0.3) is 16.1 Å². The molecular weight excluding hydrogens is 526 g/mol. The van der Waals surface area contributed by atoms with Gasteiger partial charge in [0.15, 0.2) is 0 Å². The molecule has 0 amide bonds. The Labute approximate surface area is 244 Å². The fraction of sp³-hybridized carbons (Fsp3) is 1.00. The molecule has 4 radical (unpaired) electrons.